The average Bonchev–Trinajstić information content (AvgIpc) is 2.43. The fourth-order valence-corrected chi connectivity index (χ4v) is 3.08. The molecule has 1 atom stereocenters. The molecule has 0 aliphatic heterocycles. The topological polar surface area (TPSA) is 12.0 Å². The van der Waals surface area contributed by atoms with Crippen LogP contribution in [0.1, 0.15) is 22.6 Å². The minimum Gasteiger partial charge on any atom is -0.319 e. The van der Waals surface area contributed by atoms with Crippen molar-refractivity contribution >= 4 is 15.9 Å². The lowest BCUT2D eigenvalue weighted by atomic mass is 9.90. The summed E-state index contributed by atoms with van der Waals surface area (Å²) in [4.78, 5) is 0. The molecule has 0 amide bonds. The second-order valence-electron chi connectivity index (χ2n) is 5.05. The summed E-state index contributed by atoms with van der Waals surface area (Å²) in [6.45, 7) is 2.89. The van der Waals surface area contributed by atoms with E-state index in [-0.39, 0.29) is 5.82 Å². The largest absolute Gasteiger partial charge is 0.319 e. The Kier molecular flexibility index (Phi) is 5.32. The normalized spacial score (nSPS) is 12.4. The summed E-state index contributed by atoms with van der Waals surface area (Å²) < 4.78 is 14.5. The Labute approximate surface area is 128 Å². The molecule has 2 aromatic carbocycles. The van der Waals surface area contributed by atoms with E-state index < -0.39 is 0 Å². The Balaban J connectivity index is 2.30. The number of aryl methyl sites for hydroxylation is 1. The summed E-state index contributed by atoms with van der Waals surface area (Å²) in [6, 6.07) is 13.2. The van der Waals surface area contributed by atoms with Gasteiger partial charge in [0.15, 0.2) is 0 Å². The smallest absolute Gasteiger partial charge is 0.123 e. The third kappa shape index (κ3) is 3.68. The molecule has 1 nitrogen and oxygen atoms in total. The lowest BCUT2D eigenvalue weighted by Crippen LogP contribution is -2.20. The first kappa shape index (κ1) is 15.2. The van der Waals surface area contributed by atoms with Crippen LogP contribution >= 0.6 is 15.9 Å². The molecule has 0 radical (unpaired) electrons. The monoisotopic (exact) mass is 335 g/mol. The van der Waals surface area contributed by atoms with Crippen molar-refractivity contribution in [1.82, 2.24) is 5.32 Å². The lowest BCUT2D eigenvalue weighted by Gasteiger charge is -2.20. The highest BCUT2D eigenvalue weighted by molar-refractivity contribution is 9.10. The number of likely N-dealkylation sites (N-methyl/N-ethyl adjacent to an activating group) is 1. The zero-order valence-corrected chi connectivity index (χ0v) is 13.4. The number of benzene rings is 2. The Hall–Kier alpha value is -1.19. The van der Waals surface area contributed by atoms with Crippen LogP contribution < -0.4 is 5.32 Å². The van der Waals surface area contributed by atoms with Crippen molar-refractivity contribution in [2.75, 3.05) is 13.6 Å². The van der Waals surface area contributed by atoms with Gasteiger partial charge in [-0.1, -0.05) is 40.2 Å². The highest BCUT2D eigenvalue weighted by Gasteiger charge is 2.15. The van der Waals surface area contributed by atoms with E-state index in [0.717, 1.165) is 28.6 Å². The molecule has 0 fully saturated rings. The van der Waals surface area contributed by atoms with Crippen LogP contribution in [0.25, 0.3) is 0 Å². The van der Waals surface area contributed by atoms with Crippen molar-refractivity contribution in [2.24, 2.45) is 0 Å². The van der Waals surface area contributed by atoms with Gasteiger partial charge in [0, 0.05) is 16.9 Å². The highest BCUT2D eigenvalue weighted by Crippen LogP contribution is 2.28. The molecular weight excluding hydrogens is 317 g/mol. The Morgan fingerprint density at radius 2 is 1.95 bits per heavy atom. The van der Waals surface area contributed by atoms with Crippen molar-refractivity contribution in [1.29, 1.82) is 0 Å². The molecular formula is C17H19BrFN. The summed E-state index contributed by atoms with van der Waals surface area (Å²) in [5.41, 5.74) is 3.46. The summed E-state index contributed by atoms with van der Waals surface area (Å²) in [5, 5.41) is 3.23. The first-order valence-corrected chi connectivity index (χ1v) is 7.55. The Morgan fingerprint density at radius 3 is 2.65 bits per heavy atom. The fraction of sp³-hybridized carbons (Fsp3) is 0.294. The maximum atomic E-state index is 13.4. The molecule has 0 saturated carbocycles. The first-order chi connectivity index (χ1) is 9.61. The summed E-state index contributed by atoms with van der Waals surface area (Å²) in [5.74, 6) is 0.150. The van der Waals surface area contributed by atoms with E-state index in [0.29, 0.717) is 5.92 Å². The minimum absolute atomic E-state index is 0.166. The fourth-order valence-electron chi connectivity index (χ4n) is 2.47. The van der Waals surface area contributed by atoms with Gasteiger partial charge in [-0.15, -0.1) is 0 Å². The van der Waals surface area contributed by atoms with Crippen LogP contribution in [0.5, 0.6) is 0 Å². The zero-order valence-electron chi connectivity index (χ0n) is 11.8. The van der Waals surface area contributed by atoms with Gasteiger partial charge in [0.05, 0.1) is 0 Å². The quantitative estimate of drug-likeness (QED) is 0.851. The third-order valence-corrected chi connectivity index (χ3v) is 4.30. The van der Waals surface area contributed by atoms with Crippen LogP contribution in [-0.2, 0) is 6.42 Å². The molecule has 20 heavy (non-hydrogen) atoms. The van der Waals surface area contributed by atoms with E-state index in [1.54, 1.807) is 6.07 Å². The zero-order chi connectivity index (χ0) is 14.5. The summed E-state index contributed by atoms with van der Waals surface area (Å²) >= 11 is 3.61. The molecule has 1 N–H and O–H groups in total. The van der Waals surface area contributed by atoms with Gasteiger partial charge in [-0.2, -0.15) is 0 Å². The van der Waals surface area contributed by atoms with Crippen LogP contribution in [-0.4, -0.2) is 13.6 Å². The predicted octanol–water partition coefficient (Wildman–Crippen LogP) is 4.44. The summed E-state index contributed by atoms with van der Waals surface area (Å²) in [7, 11) is 1.95. The van der Waals surface area contributed by atoms with Gasteiger partial charge in [0.2, 0.25) is 0 Å². The molecule has 1 unspecified atom stereocenters. The van der Waals surface area contributed by atoms with Crippen LogP contribution in [0.3, 0.4) is 0 Å². The second-order valence-corrected chi connectivity index (χ2v) is 5.91. The standard InChI is InChI=1S/C17H19BrFN/c1-12-7-8-15(19)10-13(12)9-14(11-20-2)16-5-3-4-6-17(16)18/h3-8,10,14,20H,9,11H2,1-2H3. The predicted molar refractivity (Wildman–Crippen MR) is 85.7 cm³/mol. The maximum Gasteiger partial charge on any atom is 0.123 e. The van der Waals surface area contributed by atoms with Gasteiger partial charge in [-0.05, 0) is 55.3 Å². The van der Waals surface area contributed by atoms with Crippen molar-refractivity contribution in [3.05, 3.63) is 69.4 Å². The van der Waals surface area contributed by atoms with Crippen LogP contribution in [0.15, 0.2) is 46.9 Å². The van der Waals surface area contributed by atoms with Gasteiger partial charge in [0.25, 0.3) is 0 Å². The van der Waals surface area contributed by atoms with E-state index in [1.807, 2.05) is 32.2 Å². The second kappa shape index (κ2) is 7.00. The van der Waals surface area contributed by atoms with Crippen molar-refractivity contribution in [3.8, 4) is 0 Å². The van der Waals surface area contributed by atoms with E-state index in [2.05, 4.69) is 33.4 Å². The van der Waals surface area contributed by atoms with Gasteiger partial charge < -0.3 is 5.32 Å². The number of nitrogens with one attached hydrogen (secondary N) is 1. The van der Waals surface area contributed by atoms with Gasteiger partial charge in [0.1, 0.15) is 5.82 Å². The molecule has 0 aliphatic carbocycles. The van der Waals surface area contributed by atoms with Gasteiger partial charge >= 0.3 is 0 Å². The molecule has 0 bridgehead atoms. The molecule has 106 valence electrons. The van der Waals surface area contributed by atoms with Crippen LogP contribution in [0.4, 0.5) is 4.39 Å². The summed E-state index contributed by atoms with van der Waals surface area (Å²) in [6.07, 6.45) is 0.826. The molecule has 0 saturated heterocycles. The number of hydrogen-bond donors (Lipinski definition) is 1. The average molecular weight is 336 g/mol. The number of hydrogen-bond acceptors (Lipinski definition) is 1. The van der Waals surface area contributed by atoms with Crippen molar-refractivity contribution < 1.29 is 4.39 Å². The minimum atomic E-state index is -0.166. The van der Waals surface area contributed by atoms with Gasteiger partial charge in [-0.25, -0.2) is 4.39 Å². The molecule has 3 heteroatoms. The van der Waals surface area contributed by atoms with Crippen molar-refractivity contribution in [3.63, 3.8) is 0 Å². The molecule has 0 aliphatic rings. The van der Waals surface area contributed by atoms with E-state index >= 15 is 0 Å². The lowest BCUT2D eigenvalue weighted by molar-refractivity contribution is 0.605. The van der Waals surface area contributed by atoms with Crippen LogP contribution in [0.2, 0.25) is 0 Å². The molecule has 0 spiro atoms. The molecule has 0 heterocycles. The number of halogens is 2. The van der Waals surface area contributed by atoms with Crippen LogP contribution in [0, 0.1) is 12.7 Å². The molecule has 2 rings (SSSR count). The SMILES string of the molecule is CNCC(Cc1cc(F)ccc1C)c1ccccc1Br. The highest BCUT2D eigenvalue weighted by atomic mass is 79.9. The van der Waals surface area contributed by atoms with Crippen molar-refractivity contribution in [2.45, 2.75) is 19.3 Å². The van der Waals surface area contributed by atoms with E-state index in [4.69, 9.17) is 0 Å². The number of rotatable bonds is 5. The molecule has 2 aromatic rings. The first-order valence-electron chi connectivity index (χ1n) is 6.76. The van der Waals surface area contributed by atoms with Gasteiger partial charge in [-0.3, -0.25) is 0 Å². The Bertz CT molecular complexity index is 583. The maximum absolute atomic E-state index is 13.4. The molecule has 0 aromatic heterocycles. The Morgan fingerprint density at radius 1 is 1.20 bits per heavy atom. The third-order valence-electron chi connectivity index (χ3n) is 3.57. The van der Waals surface area contributed by atoms with E-state index in [9.17, 15) is 4.39 Å². The van der Waals surface area contributed by atoms with E-state index in [1.165, 1.54) is 11.6 Å².